The number of imidazole rings is 1. The molecule has 0 atom stereocenters. The fourth-order valence-corrected chi connectivity index (χ4v) is 5.01. The van der Waals surface area contributed by atoms with Gasteiger partial charge in [0.1, 0.15) is 17.2 Å². The van der Waals surface area contributed by atoms with Gasteiger partial charge in [-0.25, -0.2) is 27.5 Å². The lowest BCUT2D eigenvalue weighted by molar-refractivity contribution is -0.106. The largest absolute Gasteiger partial charge is 0.482 e. The van der Waals surface area contributed by atoms with Crippen molar-refractivity contribution in [3.05, 3.63) is 35.8 Å². The number of ether oxygens (including phenoxy) is 2. The SMILES string of the molecule is Cn1c(C2(C)CCSCC2)nc2cc(F)c(Oc3ncc(F)cc3OCC(C)(F)F)nc21.NC=O. The van der Waals surface area contributed by atoms with Gasteiger partial charge >= 0.3 is 0 Å². The molecule has 2 N–H and O–H groups in total. The summed E-state index contributed by atoms with van der Waals surface area (Å²) in [5.41, 5.74) is 4.80. The number of carbonyl (C=O) groups excluding carboxylic acids is 1. The molecule has 3 aromatic heterocycles. The van der Waals surface area contributed by atoms with E-state index in [1.54, 1.807) is 7.05 Å². The van der Waals surface area contributed by atoms with E-state index in [4.69, 9.17) is 14.3 Å². The molecule has 1 fully saturated rings. The second-order valence-electron chi connectivity index (χ2n) is 8.34. The van der Waals surface area contributed by atoms with Crippen LogP contribution < -0.4 is 15.2 Å². The molecule has 0 unspecified atom stereocenters. The van der Waals surface area contributed by atoms with Crippen LogP contribution in [-0.4, -0.2) is 50.0 Å². The smallest absolute Gasteiger partial charge is 0.278 e. The van der Waals surface area contributed by atoms with E-state index >= 15 is 0 Å². The molecule has 0 radical (unpaired) electrons. The summed E-state index contributed by atoms with van der Waals surface area (Å²) in [5, 5.41) is 0. The Morgan fingerprint density at radius 2 is 1.89 bits per heavy atom. The lowest BCUT2D eigenvalue weighted by atomic mass is 9.83. The molecule has 1 amide bonds. The Balaban J connectivity index is 0.00000108. The van der Waals surface area contributed by atoms with Crippen LogP contribution in [0.5, 0.6) is 17.5 Å². The fraction of sp³-hybridized carbons (Fsp3) is 0.455. The fourth-order valence-electron chi connectivity index (χ4n) is 3.61. The molecule has 190 valence electrons. The van der Waals surface area contributed by atoms with Crippen molar-refractivity contribution < 1.29 is 31.8 Å². The van der Waals surface area contributed by atoms with E-state index in [0.717, 1.165) is 42.4 Å². The number of amides is 1. The third-order valence-electron chi connectivity index (χ3n) is 5.36. The van der Waals surface area contributed by atoms with Crippen molar-refractivity contribution in [2.24, 2.45) is 12.8 Å². The van der Waals surface area contributed by atoms with Crippen molar-refractivity contribution in [3.63, 3.8) is 0 Å². The van der Waals surface area contributed by atoms with Gasteiger partial charge in [-0.3, -0.25) is 4.79 Å². The lowest BCUT2D eigenvalue weighted by Crippen LogP contribution is -2.30. The molecule has 13 heteroatoms. The molecule has 8 nitrogen and oxygen atoms in total. The maximum atomic E-state index is 14.8. The standard InChI is InChI=1S/C21H22F4N4O2S.CH3NO/c1-20(4-6-32-7-5-20)19-27-14-9-13(23)17(28-16(14)29(19)3)31-18-15(8-12(22)10-26-18)30-11-21(2,24)25;2-1-3/h8-10H,4-7,11H2,1-3H3;1H,(H2,2,3). The molecule has 1 saturated heterocycles. The third-order valence-corrected chi connectivity index (χ3v) is 6.35. The van der Waals surface area contributed by atoms with E-state index in [9.17, 15) is 17.6 Å². The molecule has 1 aliphatic heterocycles. The van der Waals surface area contributed by atoms with Gasteiger partial charge in [-0.1, -0.05) is 6.92 Å². The van der Waals surface area contributed by atoms with Crippen LogP contribution in [0.1, 0.15) is 32.5 Å². The molecule has 4 rings (SSSR count). The van der Waals surface area contributed by atoms with Crippen LogP contribution in [-0.2, 0) is 17.3 Å². The second-order valence-corrected chi connectivity index (χ2v) is 9.56. The number of hydrogen-bond donors (Lipinski definition) is 1. The van der Waals surface area contributed by atoms with E-state index < -0.39 is 30.0 Å². The average Bonchev–Trinajstić information content (AvgIpc) is 3.10. The number of nitrogens with zero attached hydrogens (tertiary/aromatic N) is 4. The van der Waals surface area contributed by atoms with Crippen LogP contribution in [0.25, 0.3) is 11.2 Å². The minimum absolute atomic E-state index is 0.150. The van der Waals surface area contributed by atoms with Crippen LogP contribution in [0.15, 0.2) is 18.3 Å². The number of fused-ring (bicyclic) bond motifs is 1. The Kier molecular flexibility index (Phi) is 8.08. The number of alkyl halides is 2. The van der Waals surface area contributed by atoms with Crippen molar-refractivity contribution in [1.29, 1.82) is 0 Å². The average molecular weight is 516 g/mol. The molecule has 0 aliphatic carbocycles. The number of aromatic nitrogens is 4. The molecule has 0 aromatic carbocycles. The van der Waals surface area contributed by atoms with E-state index in [0.29, 0.717) is 18.1 Å². The van der Waals surface area contributed by atoms with Gasteiger partial charge in [-0.15, -0.1) is 0 Å². The quantitative estimate of drug-likeness (QED) is 0.384. The number of carbonyl (C=O) groups is 1. The highest BCUT2D eigenvalue weighted by Gasteiger charge is 2.34. The molecule has 0 saturated carbocycles. The number of hydrogen-bond acceptors (Lipinski definition) is 7. The highest BCUT2D eigenvalue weighted by atomic mass is 32.2. The Hall–Kier alpha value is -3.09. The zero-order valence-electron chi connectivity index (χ0n) is 19.4. The van der Waals surface area contributed by atoms with Crippen LogP contribution in [0, 0.1) is 11.6 Å². The molecule has 0 bridgehead atoms. The van der Waals surface area contributed by atoms with Gasteiger partial charge in [0.25, 0.3) is 17.7 Å². The number of halogens is 4. The highest BCUT2D eigenvalue weighted by molar-refractivity contribution is 7.99. The number of rotatable bonds is 6. The predicted octanol–water partition coefficient (Wildman–Crippen LogP) is 4.35. The Morgan fingerprint density at radius 1 is 1.23 bits per heavy atom. The van der Waals surface area contributed by atoms with Crippen LogP contribution >= 0.6 is 11.8 Å². The summed E-state index contributed by atoms with van der Waals surface area (Å²) in [6.45, 7) is 1.77. The molecule has 35 heavy (non-hydrogen) atoms. The Bertz CT molecular complexity index is 1200. The van der Waals surface area contributed by atoms with Crippen LogP contribution in [0.2, 0.25) is 0 Å². The minimum Gasteiger partial charge on any atom is -0.482 e. The predicted molar refractivity (Wildman–Crippen MR) is 123 cm³/mol. The zero-order valence-corrected chi connectivity index (χ0v) is 20.2. The molecule has 4 heterocycles. The first-order valence-electron chi connectivity index (χ1n) is 10.6. The van der Waals surface area contributed by atoms with Gasteiger partial charge in [-0.2, -0.15) is 16.7 Å². The number of aryl methyl sites for hydroxylation is 1. The van der Waals surface area contributed by atoms with Gasteiger partial charge in [-0.05, 0) is 24.3 Å². The Labute approximate surface area is 203 Å². The number of thioether (sulfide) groups is 1. The van der Waals surface area contributed by atoms with E-state index in [1.165, 1.54) is 6.07 Å². The zero-order chi connectivity index (χ0) is 25.8. The first kappa shape index (κ1) is 26.5. The number of pyridine rings is 2. The normalized spacial score (nSPS) is 15.3. The number of primary amides is 1. The molecule has 3 aromatic rings. The van der Waals surface area contributed by atoms with Crippen molar-refractivity contribution in [2.75, 3.05) is 18.1 Å². The summed E-state index contributed by atoms with van der Waals surface area (Å²) in [7, 11) is 1.81. The molecule has 0 spiro atoms. The van der Waals surface area contributed by atoms with Gasteiger partial charge < -0.3 is 19.8 Å². The first-order valence-corrected chi connectivity index (χ1v) is 11.7. The summed E-state index contributed by atoms with van der Waals surface area (Å²) < 4.78 is 66.9. The molecule has 1 aliphatic rings. The van der Waals surface area contributed by atoms with Gasteiger partial charge in [0.2, 0.25) is 6.41 Å². The molecular weight excluding hydrogens is 490 g/mol. The monoisotopic (exact) mass is 515 g/mol. The topological polar surface area (TPSA) is 105 Å². The van der Waals surface area contributed by atoms with Gasteiger partial charge in [0, 0.05) is 31.5 Å². The van der Waals surface area contributed by atoms with E-state index in [1.807, 2.05) is 16.3 Å². The second kappa shape index (κ2) is 10.7. The summed E-state index contributed by atoms with van der Waals surface area (Å²) >= 11 is 1.89. The van der Waals surface area contributed by atoms with Gasteiger partial charge in [0.15, 0.2) is 23.8 Å². The third kappa shape index (κ3) is 6.32. The summed E-state index contributed by atoms with van der Waals surface area (Å²) in [4.78, 5) is 21.2. The Morgan fingerprint density at radius 3 is 2.51 bits per heavy atom. The highest BCUT2D eigenvalue weighted by Crippen LogP contribution is 2.39. The molecular formula is C22H25F4N5O3S. The van der Waals surface area contributed by atoms with Crippen molar-refractivity contribution >= 4 is 29.3 Å². The summed E-state index contributed by atoms with van der Waals surface area (Å²) in [5.74, 6) is -3.14. The number of nitrogens with two attached hydrogens (primary N) is 1. The van der Waals surface area contributed by atoms with E-state index in [2.05, 4.69) is 27.6 Å². The van der Waals surface area contributed by atoms with Crippen LogP contribution in [0.3, 0.4) is 0 Å². The van der Waals surface area contributed by atoms with E-state index in [-0.39, 0.29) is 23.5 Å². The summed E-state index contributed by atoms with van der Waals surface area (Å²) in [6, 6.07) is 2.04. The summed E-state index contributed by atoms with van der Waals surface area (Å²) in [6.07, 6.45) is 2.96. The van der Waals surface area contributed by atoms with Gasteiger partial charge in [0.05, 0.1) is 6.20 Å². The first-order chi connectivity index (χ1) is 16.5. The lowest BCUT2D eigenvalue weighted by Gasteiger charge is -2.32. The maximum absolute atomic E-state index is 14.8. The van der Waals surface area contributed by atoms with Crippen molar-refractivity contribution in [1.82, 2.24) is 19.5 Å². The van der Waals surface area contributed by atoms with Crippen molar-refractivity contribution in [3.8, 4) is 17.5 Å². The maximum Gasteiger partial charge on any atom is 0.278 e. The van der Waals surface area contributed by atoms with Crippen LogP contribution in [0.4, 0.5) is 17.6 Å². The minimum atomic E-state index is -3.16. The van der Waals surface area contributed by atoms with Crippen molar-refractivity contribution in [2.45, 2.75) is 38.0 Å².